The van der Waals surface area contributed by atoms with Crippen LogP contribution in [0.25, 0.3) is 0 Å². The summed E-state index contributed by atoms with van der Waals surface area (Å²) < 4.78 is 28.2. The van der Waals surface area contributed by atoms with E-state index in [4.69, 9.17) is 5.73 Å². The van der Waals surface area contributed by atoms with Gasteiger partial charge in [-0.25, -0.2) is 13.1 Å². The monoisotopic (exact) mass is 387 g/mol. The Balaban J connectivity index is 1.76. The molecule has 1 amide bonds. The molecule has 0 aromatic heterocycles. The number of nitrogens with one attached hydrogen (secondary N) is 1. The Bertz CT molecular complexity index is 892. The van der Waals surface area contributed by atoms with Crippen molar-refractivity contribution in [2.24, 2.45) is 5.73 Å². The van der Waals surface area contributed by atoms with Crippen molar-refractivity contribution in [2.45, 2.75) is 36.7 Å². The largest absolute Gasteiger partial charge is 0.339 e. The average Bonchev–Trinajstić information content (AvgIpc) is 2.68. The van der Waals surface area contributed by atoms with Crippen LogP contribution in [0.5, 0.6) is 0 Å². The number of likely N-dealkylation sites (tertiary alicyclic amines) is 1. The normalized spacial score (nSPS) is 16.9. The summed E-state index contributed by atoms with van der Waals surface area (Å²) in [6.45, 7) is 2.99. The van der Waals surface area contributed by atoms with Gasteiger partial charge in [-0.1, -0.05) is 36.4 Å². The first kappa shape index (κ1) is 19.5. The zero-order valence-electron chi connectivity index (χ0n) is 15.3. The van der Waals surface area contributed by atoms with Gasteiger partial charge in [0.25, 0.3) is 5.91 Å². The first-order valence-electron chi connectivity index (χ1n) is 9.09. The molecule has 0 spiro atoms. The van der Waals surface area contributed by atoms with Crippen LogP contribution in [0.4, 0.5) is 0 Å². The van der Waals surface area contributed by atoms with Crippen molar-refractivity contribution in [1.29, 1.82) is 0 Å². The van der Waals surface area contributed by atoms with Gasteiger partial charge in [0, 0.05) is 30.7 Å². The summed E-state index contributed by atoms with van der Waals surface area (Å²) in [6.07, 6.45) is 1.53. The molecule has 2 aromatic rings. The van der Waals surface area contributed by atoms with Gasteiger partial charge in [-0.05, 0) is 43.5 Å². The maximum atomic E-state index is 12.8. The molecule has 1 unspecified atom stereocenters. The van der Waals surface area contributed by atoms with Gasteiger partial charge in [-0.3, -0.25) is 4.79 Å². The topological polar surface area (TPSA) is 92.5 Å². The SMILES string of the molecule is CC(NS(=O)(=O)c1cccc(C(=O)N2CCC(N)CC2)c1)c1ccccc1. The molecule has 0 radical (unpaired) electrons. The van der Waals surface area contributed by atoms with Gasteiger partial charge in [0.2, 0.25) is 10.0 Å². The van der Waals surface area contributed by atoms with Gasteiger partial charge in [-0.15, -0.1) is 0 Å². The molecule has 3 N–H and O–H groups in total. The third-order valence-corrected chi connectivity index (χ3v) is 6.39. The van der Waals surface area contributed by atoms with Crippen LogP contribution in [-0.2, 0) is 10.0 Å². The Morgan fingerprint density at radius 3 is 2.44 bits per heavy atom. The van der Waals surface area contributed by atoms with Gasteiger partial charge in [-0.2, -0.15) is 0 Å². The van der Waals surface area contributed by atoms with Crippen LogP contribution in [0.2, 0.25) is 0 Å². The summed E-state index contributed by atoms with van der Waals surface area (Å²) in [4.78, 5) is 14.5. The number of piperidine rings is 1. The van der Waals surface area contributed by atoms with E-state index < -0.39 is 10.0 Å². The number of benzene rings is 2. The van der Waals surface area contributed by atoms with Crippen molar-refractivity contribution >= 4 is 15.9 Å². The number of rotatable bonds is 5. The third-order valence-electron chi connectivity index (χ3n) is 4.85. The van der Waals surface area contributed by atoms with Gasteiger partial charge in [0.15, 0.2) is 0 Å². The van der Waals surface area contributed by atoms with Crippen LogP contribution < -0.4 is 10.5 Å². The first-order valence-corrected chi connectivity index (χ1v) is 10.6. The van der Waals surface area contributed by atoms with Gasteiger partial charge in [0.1, 0.15) is 0 Å². The molecule has 27 heavy (non-hydrogen) atoms. The molecule has 0 saturated carbocycles. The molecule has 144 valence electrons. The van der Waals surface area contributed by atoms with E-state index in [0.29, 0.717) is 18.7 Å². The van der Waals surface area contributed by atoms with Crippen molar-refractivity contribution in [2.75, 3.05) is 13.1 Å². The summed E-state index contributed by atoms with van der Waals surface area (Å²) >= 11 is 0. The van der Waals surface area contributed by atoms with Gasteiger partial charge >= 0.3 is 0 Å². The first-order chi connectivity index (χ1) is 12.9. The molecule has 0 aliphatic carbocycles. The predicted octanol–water partition coefficient (Wildman–Crippen LogP) is 2.29. The highest BCUT2D eigenvalue weighted by Crippen LogP contribution is 2.19. The lowest BCUT2D eigenvalue weighted by Gasteiger charge is -2.30. The molecule has 1 atom stereocenters. The summed E-state index contributed by atoms with van der Waals surface area (Å²) in [5.74, 6) is -0.157. The minimum absolute atomic E-state index is 0.0878. The molecule has 1 saturated heterocycles. The smallest absolute Gasteiger partial charge is 0.253 e. The predicted molar refractivity (Wildman–Crippen MR) is 105 cm³/mol. The summed E-state index contributed by atoms with van der Waals surface area (Å²) in [6, 6.07) is 15.3. The maximum Gasteiger partial charge on any atom is 0.253 e. The van der Waals surface area contributed by atoms with E-state index in [0.717, 1.165) is 18.4 Å². The van der Waals surface area contributed by atoms with E-state index >= 15 is 0 Å². The minimum Gasteiger partial charge on any atom is -0.339 e. The molecule has 1 heterocycles. The zero-order valence-corrected chi connectivity index (χ0v) is 16.2. The minimum atomic E-state index is -3.74. The molecule has 1 aliphatic rings. The molecule has 6 nitrogen and oxygen atoms in total. The number of carbonyl (C=O) groups excluding carboxylic acids is 1. The van der Waals surface area contributed by atoms with E-state index in [1.54, 1.807) is 24.0 Å². The van der Waals surface area contributed by atoms with Crippen LogP contribution in [-0.4, -0.2) is 38.4 Å². The second-order valence-electron chi connectivity index (χ2n) is 6.91. The Morgan fingerprint density at radius 1 is 1.11 bits per heavy atom. The summed E-state index contributed by atoms with van der Waals surface area (Å²) in [5.41, 5.74) is 7.13. The van der Waals surface area contributed by atoms with E-state index in [2.05, 4.69) is 4.72 Å². The standard InChI is InChI=1S/C20H25N3O3S/c1-15(16-6-3-2-4-7-16)22-27(25,26)19-9-5-8-17(14-19)20(24)23-12-10-18(21)11-13-23/h2-9,14-15,18,22H,10-13,21H2,1H3. The summed E-state index contributed by atoms with van der Waals surface area (Å²) in [7, 11) is -3.74. The highest BCUT2D eigenvalue weighted by atomic mass is 32.2. The molecule has 3 rings (SSSR count). The number of nitrogens with two attached hydrogens (primary N) is 1. The van der Waals surface area contributed by atoms with Crippen LogP contribution in [0.3, 0.4) is 0 Å². The number of carbonyl (C=O) groups is 1. The zero-order chi connectivity index (χ0) is 19.4. The van der Waals surface area contributed by atoms with E-state index in [1.807, 2.05) is 30.3 Å². The van der Waals surface area contributed by atoms with Crippen molar-refractivity contribution in [3.8, 4) is 0 Å². The Labute approximate surface area is 160 Å². The average molecular weight is 388 g/mol. The van der Waals surface area contributed by atoms with Crippen LogP contribution in [0, 0.1) is 0 Å². The van der Waals surface area contributed by atoms with E-state index in [1.165, 1.54) is 12.1 Å². The Kier molecular flexibility index (Phi) is 5.94. The molecule has 1 fully saturated rings. The number of hydrogen-bond donors (Lipinski definition) is 2. The highest BCUT2D eigenvalue weighted by Gasteiger charge is 2.24. The number of sulfonamides is 1. The molecule has 1 aliphatic heterocycles. The molecular formula is C20H25N3O3S. The maximum absolute atomic E-state index is 12.8. The van der Waals surface area contributed by atoms with Crippen molar-refractivity contribution in [3.63, 3.8) is 0 Å². The molecule has 2 aromatic carbocycles. The Hall–Kier alpha value is -2.22. The Morgan fingerprint density at radius 2 is 1.78 bits per heavy atom. The number of nitrogens with zero attached hydrogens (tertiary/aromatic N) is 1. The molecular weight excluding hydrogens is 362 g/mol. The second-order valence-corrected chi connectivity index (χ2v) is 8.63. The lowest BCUT2D eigenvalue weighted by atomic mass is 10.0. The third kappa shape index (κ3) is 4.74. The van der Waals surface area contributed by atoms with E-state index in [9.17, 15) is 13.2 Å². The van der Waals surface area contributed by atoms with Crippen LogP contribution in [0.1, 0.15) is 41.7 Å². The fourth-order valence-corrected chi connectivity index (χ4v) is 4.47. The van der Waals surface area contributed by atoms with Crippen LogP contribution >= 0.6 is 0 Å². The molecule has 7 heteroatoms. The van der Waals surface area contributed by atoms with Crippen LogP contribution in [0.15, 0.2) is 59.5 Å². The number of amides is 1. The van der Waals surface area contributed by atoms with Gasteiger partial charge in [0.05, 0.1) is 4.90 Å². The highest BCUT2D eigenvalue weighted by molar-refractivity contribution is 7.89. The lowest BCUT2D eigenvalue weighted by Crippen LogP contribution is -2.42. The second kappa shape index (κ2) is 8.21. The van der Waals surface area contributed by atoms with Crippen molar-refractivity contribution < 1.29 is 13.2 Å². The van der Waals surface area contributed by atoms with Crippen molar-refractivity contribution in [1.82, 2.24) is 9.62 Å². The van der Waals surface area contributed by atoms with Crippen molar-refractivity contribution in [3.05, 3.63) is 65.7 Å². The quantitative estimate of drug-likeness (QED) is 0.823. The van der Waals surface area contributed by atoms with Gasteiger partial charge < -0.3 is 10.6 Å². The fourth-order valence-electron chi connectivity index (χ4n) is 3.19. The summed E-state index contributed by atoms with van der Waals surface area (Å²) in [5, 5.41) is 0. The lowest BCUT2D eigenvalue weighted by molar-refractivity contribution is 0.0714. The fraction of sp³-hybridized carbons (Fsp3) is 0.350. The number of hydrogen-bond acceptors (Lipinski definition) is 4. The van der Waals surface area contributed by atoms with E-state index in [-0.39, 0.29) is 22.9 Å². The molecule has 0 bridgehead atoms.